The number of amides is 3. The van der Waals surface area contributed by atoms with Crippen LogP contribution in [0.4, 0.5) is 16.2 Å². The van der Waals surface area contributed by atoms with Crippen LogP contribution in [0.3, 0.4) is 0 Å². The van der Waals surface area contributed by atoms with E-state index in [0.717, 1.165) is 43.7 Å². The number of aromatic nitrogens is 1. The summed E-state index contributed by atoms with van der Waals surface area (Å²) in [6.07, 6.45) is 3.60. The van der Waals surface area contributed by atoms with Gasteiger partial charge in [0.15, 0.2) is 11.5 Å². The summed E-state index contributed by atoms with van der Waals surface area (Å²) in [5.74, 6) is 1.26. The summed E-state index contributed by atoms with van der Waals surface area (Å²) in [4.78, 5) is 27.5. The molecule has 4 aromatic carbocycles. The third-order valence-electron chi connectivity index (χ3n) is 8.24. The molecule has 6 rings (SSSR count). The van der Waals surface area contributed by atoms with Gasteiger partial charge in [0.1, 0.15) is 5.75 Å². The van der Waals surface area contributed by atoms with Gasteiger partial charge in [0.05, 0.1) is 18.7 Å². The van der Waals surface area contributed by atoms with Crippen LogP contribution in [0.1, 0.15) is 28.8 Å². The second kappa shape index (κ2) is 14.6. The Morgan fingerprint density at radius 1 is 0.875 bits per heavy atom. The number of methoxy groups -OCH3 is 1. The number of piperidine rings is 1. The Labute approximate surface area is 279 Å². The van der Waals surface area contributed by atoms with Crippen molar-refractivity contribution < 1.29 is 24.2 Å². The molecule has 48 heavy (non-hydrogen) atoms. The zero-order valence-corrected chi connectivity index (χ0v) is 27.3. The monoisotopic (exact) mass is 648 g/mol. The molecule has 1 aliphatic heterocycles. The second-order valence-corrected chi connectivity index (χ2v) is 12.0. The smallest absolute Gasteiger partial charge is 0.333 e. The van der Waals surface area contributed by atoms with E-state index in [2.05, 4.69) is 49.9 Å². The van der Waals surface area contributed by atoms with E-state index in [4.69, 9.17) is 9.47 Å². The number of nitrogens with one attached hydrogen (secondary N) is 3. The number of fused-ring (bicyclic) bond motifs is 1. The summed E-state index contributed by atoms with van der Waals surface area (Å²) >= 11 is 0. The Balaban J connectivity index is 1.09. The lowest BCUT2D eigenvalue weighted by Crippen LogP contribution is -2.39. The number of para-hydroxylation sites is 1. The topological polar surface area (TPSA) is 120 Å². The van der Waals surface area contributed by atoms with Crippen molar-refractivity contribution in [3.63, 3.8) is 0 Å². The highest BCUT2D eigenvalue weighted by Gasteiger charge is 2.19. The normalized spacial score (nSPS) is 13.8. The van der Waals surface area contributed by atoms with E-state index in [9.17, 15) is 14.7 Å². The number of likely N-dealkylation sites (tertiary alicyclic amines) is 1. The van der Waals surface area contributed by atoms with Gasteiger partial charge in [-0.3, -0.25) is 15.1 Å². The molecule has 2 heterocycles. The lowest BCUT2D eigenvalue weighted by Gasteiger charge is -2.29. The van der Waals surface area contributed by atoms with E-state index in [1.807, 2.05) is 30.3 Å². The van der Waals surface area contributed by atoms with Crippen molar-refractivity contribution in [2.75, 3.05) is 44.9 Å². The zero-order valence-electron chi connectivity index (χ0n) is 27.3. The highest BCUT2D eigenvalue weighted by atomic mass is 16.5. The van der Waals surface area contributed by atoms with Crippen molar-refractivity contribution in [3.05, 3.63) is 108 Å². The van der Waals surface area contributed by atoms with E-state index in [-0.39, 0.29) is 18.0 Å². The molecule has 11 nitrogen and oxygen atoms in total. The number of hydrazine groups is 1. The molecular weight excluding hydrogens is 608 g/mol. The number of hydrogen-bond donors (Lipinski definition) is 4. The van der Waals surface area contributed by atoms with Crippen LogP contribution in [0.25, 0.3) is 16.6 Å². The first-order chi connectivity index (χ1) is 23.2. The summed E-state index contributed by atoms with van der Waals surface area (Å²) < 4.78 is 13.6. The fourth-order valence-corrected chi connectivity index (χ4v) is 5.81. The first-order valence-electron chi connectivity index (χ1n) is 15.9. The van der Waals surface area contributed by atoms with Crippen LogP contribution in [-0.2, 0) is 6.54 Å². The van der Waals surface area contributed by atoms with E-state index < -0.39 is 0 Å². The van der Waals surface area contributed by atoms with Gasteiger partial charge in [-0.25, -0.2) is 9.80 Å². The average Bonchev–Trinajstić information content (AvgIpc) is 3.45. The van der Waals surface area contributed by atoms with Gasteiger partial charge in [-0.05, 0) is 85.1 Å². The molecule has 4 N–H and O–H groups in total. The minimum absolute atomic E-state index is 0.194. The fourth-order valence-electron chi connectivity index (χ4n) is 5.81. The predicted octanol–water partition coefficient (Wildman–Crippen LogP) is 6.24. The first kappa shape index (κ1) is 32.6. The van der Waals surface area contributed by atoms with Crippen LogP contribution in [0.5, 0.6) is 17.2 Å². The third-order valence-corrected chi connectivity index (χ3v) is 8.24. The van der Waals surface area contributed by atoms with Crippen LogP contribution in [0, 0.1) is 0 Å². The standard InChI is InChI=1S/C37H40N6O5/c1-41(2)40-37(46)39-28-12-17-34(35(22-28)47-3)48-31-15-10-27(11-16-31)38-36(45)25-8-13-29(14-9-25)43-24-26(32-6-4-5-7-33(32)43)23-42-20-18-30(44)19-21-42/h4-17,22,24,30,44H,18-21,23H2,1-3H3,(H,38,45)(H2,39,40,46). The maximum absolute atomic E-state index is 13.1. The molecule has 1 saturated heterocycles. The Kier molecular flexibility index (Phi) is 9.91. The molecule has 1 fully saturated rings. The van der Waals surface area contributed by atoms with E-state index in [0.29, 0.717) is 34.2 Å². The van der Waals surface area contributed by atoms with Crippen molar-refractivity contribution in [1.82, 2.24) is 19.9 Å². The Morgan fingerprint density at radius 3 is 2.29 bits per heavy atom. The maximum atomic E-state index is 13.1. The Hall–Kier alpha value is -5.36. The Morgan fingerprint density at radius 2 is 1.58 bits per heavy atom. The van der Waals surface area contributed by atoms with Crippen molar-refractivity contribution in [2.45, 2.75) is 25.5 Å². The van der Waals surface area contributed by atoms with Gasteiger partial charge in [-0.1, -0.05) is 18.2 Å². The minimum Gasteiger partial charge on any atom is -0.493 e. The number of carbonyl (C=O) groups excluding carboxylic acids is 2. The van der Waals surface area contributed by atoms with Crippen LogP contribution in [0.2, 0.25) is 0 Å². The molecule has 248 valence electrons. The number of carbonyl (C=O) groups is 2. The van der Waals surface area contributed by atoms with E-state index in [1.54, 1.807) is 61.6 Å². The number of hydrogen-bond acceptors (Lipinski definition) is 7. The number of nitrogens with zero attached hydrogens (tertiary/aromatic N) is 3. The van der Waals surface area contributed by atoms with Crippen LogP contribution in [-0.4, -0.2) is 71.9 Å². The van der Waals surface area contributed by atoms with Gasteiger partial charge in [0.25, 0.3) is 5.91 Å². The maximum Gasteiger partial charge on any atom is 0.333 e. The number of rotatable bonds is 10. The molecule has 11 heteroatoms. The lowest BCUT2D eigenvalue weighted by molar-refractivity contribution is 0.0794. The molecule has 5 aromatic rings. The van der Waals surface area contributed by atoms with Gasteiger partial charge in [0, 0.05) is 74.0 Å². The molecule has 0 radical (unpaired) electrons. The van der Waals surface area contributed by atoms with Gasteiger partial charge in [0.2, 0.25) is 0 Å². The molecule has 0 atom stereocenters. The predicted molar refractivity (Wildman–Crippen MR) is 187 cm³/mol. The van der Waals surface area contributed by atoms with Crippen molar-refractivity contribution in [3.8, 4) is 22.9 Å². The van der Waals surface area contributed by atoms with E-state index in [1.165, 1.54) is 18.1 Å². The van der Waals surface area contributed by atoms with Crippen LogP contribution >= 0.6 is 0 Å². The third kappa shape index (κ3) is 7.77. The summed E-state index contributed by atoms with van der Waals surface area (Å²) in [6, 6.07) is 27.7. The molecule has 0 saturated carbocycles. The number of anilines is 2. The molecule has 0 spiro atoms. The molecular formula is C37H40N6O5. The summed E-state index contributed by atoms with van der Waals surface area (Å²) in [5.41, 5.74) is 7.66. The molecule has 0 bridgehead atoms. The molecule has 0 unspecified atom stereocenters. The fraction of sp³-hybridized carbons (Fsp3) is 0.243. The van der Waals surface area contributed by atoms with Crippen molar-refractivity contribution in [2.24, 2.45) is 0 Å². The van der Waals surface area contributed by atoms with Crippen molar-refractivity contribution >= 4 is 34.2 Å². The SMILES string of the molecule is COc1cc(NC(=O)NN(C)C)ccc1Oc1ccc(NC(=O)c2ccc(-n3cc(CN4CCC(O)CC4)c4ccccc43)cc2)cc1. The average molecular weight is 649 g/mol. The highest BCUT2D eigenvalue weighted by molar-refractivity contribution is 6.04. The van der Waals surface area contributed by atoms with Crippen molar-refractivity contribution in [1.29, 1.82) is 0 Å². The minimum atomic E-state index is -0.376. The molecule has 3 amide bonds. The number of ether oxygens (including phenoxy) is 2. The van der Waals surface area contributed by atoms with Crippen LogP contribution in [0.15, 0.2) is 97.2 Å². The van der Waals surface area contributed by atoms with Gasteiger partial charge >= 0.3 is 6.03 Å². The van der Waals surface area contributed by atoms with E-state index >= 15 is 0 Å². The first-order valence-corrected chi connectivity index (χ1v) is 15.9. The molecule has 1 aromatic heterocycles. The zero-order chi connectivity index (χ0) is 33.6. The lowest BCUT2D eigenvalue weighted by atomic mass is 10.1. The quantitative estimate of drug-likeness (QED) is 0.132. The molecule has 0 aliphatic carbocycles. The van der Waals surface area contributed by atoms with Gasteiger partial charge < -0.3 is 29.8 Å². The second-order valence-electron chi connectivity index (χ2n) is 12.0. The highest BCUT2D eigenvalue weighted by Crippen LogP contribution is 2.34. The van der Waals surface area contributed by atoms with Gasteiger partial charge in [-0.15, -0.1) is 0 Å². The Bertz CT molecular complexity index is 1880. The summed E-state index contributed by atoms with van der Waals surface area (Å²) in [6.45, 7) is 2.61. The number of aliphatic hydroxyl groups excluding tert-OH is 1. The largest absolute Gasteiger partial charge is 0.493 e. The van der Waals surface area contributed by atoms with Gasteiger partial charge in [-0.2, -0.15) is 0 Å². The number of urea groups is 1. The molecule has 1 aliphatic rings. The summed E-state index contributed by atoms with van der Waals surface area (Å²) in [7, 11) is 4.97. The summed E-state index contributed by atoms with van der Waals surface area (Å²) in [5, 5.41) is 18.3. The number of aliphatic hydroxyl groups is 1. The number of benzene rings is 4. The van der Waals surface area contributed by atoms with Crippen LogP contribution < -0.4 is 25.5 Å².